The Bertz CT molecular complexity index is 285. The Labute approximate surface area is 76.5 Å². The van der Waals surface area contributed by atoms with Gasteiger partial charge in [-0.1, -0.05) is 5.21 Å². The highest BCUT2D eigenvalue weighted by Crippen LogP contribution is 2.29. The summed E-state index contributed by atoms with van der Waals surface area (Å²) in [5.74, 6) is 0. The van der Waals surface area contributed by atoms with Gasteiger partial charge in [-0.05, 0) is 12.8 Å². The number of rotatable bonds is 3. The monoisotopic (exact) mass is 182 g/mol. The number of nitrogens with two attached hydrogens (primary N) is 1. The van der Waals surface area contributed by atoms with Crippen LogP contribution >= 0.6 is 0 Å². The van der Waals surface area contributed by atoms with Crippen molar-refractivity contribution in [2.24, 2.45) is 5.73 Å². The quantitative estimate of drug-likeness (QED) is 0.659. The zero-order chi connectivity index (χ0) is 9.26. The maximum atomic E-state index is 8.69. The van der Waals surface area contributed by atoms with Crippen molar-refractivity contribution in [1.29, 1.82) is 0 Å². The third-order valence-corrected chi connectivity index (χ3v) is 2.56. The van der Waals surface area contributed by atoms with Crippen LogP contribution in [0.1, 0.15) is 24.6 Å². The van der Waals surface area contributed by atoms with E-state index in [1.54, 1.807) is 0 Å². The Balaban J connectivity index is 2.04. The molecule has 1 heterocycles. The topological polar surface area (TPSA) is 77.0 Å². The van der Waals surface area contributed by atoms with E-state index in [-0.39, 0.29) is 12.6 Å². The smallest absolute Gasteiger partial charge is 0.0850 e. The first-order chi connectivity index (χ1) is 6.31. The second kappa shape index (κ2) is 3.43. The number of hydrogen-bond donors (Lipinski definition) is 2. The molecule has 2 rings (SSSR count). The number of hydrogen-bond acceptors (Lipinski definition) is 4. The maximum absolute atomic E-state index is 8.69. The van der Waals surface area contributed by atoms with Crippen molar-refractivity contribution in [2.45, 2.75) is 31.3 Å². The van der Waals surface area contributed by atoms with Crippen LogP contribution in [0.2, 0.25) is 0 Å². The van der Waals surface area contributed by atoms with Gasteiger partial charge in [-0.15, -0.1) is 5.10 Å². The van der Waals surface area contributed by atoms with Crippen molar-refractivity contribution in [1.82, 2.24) is 15.0 Å². The van der Waals surface area contributed by atoms with E-state index in [9.17, 15) is 0 Å². The lowest BCUT2D eigenvalue weighted by Gasteiger charge is -2.32. The minimum Gasteiger partial charge on any atom is -0.396 e. The first-order valence-electron chi connectivity index (χ1n) is 4.58. The van der Waals surface area contributed by atoms with Gasteiger partial charge >= 0.3 is 0 Å². The van der Waals surface area contributed by atoms with Crippen LogP contribution in [0.15, 0.2) is 6.20 Å². The van der Waals surface area contributed by atoms with Gasteiger partial charge in [0.15, 0.2) is 0 Å². The molecule has 0 aromatic carbocycles. The van der Waals surface area contributed by atoms with Crippen molar-refractivity contribution in [3.05, 3.63) is 11.9 Å². The fourth-order valence-corrected chi connectivity index (χ4v) is 1.54. The van der Waals surface area contributed by atoms with E-state index in [4.69, 9.17) is 10.8 Å². The lowest BCUT2D eigenvalue weighted by atomic mass is 9.87. The Morgan fingerprint density at radius 3 is 3.00 bits per heavy atom. The highest BCUT2D eigenvalue weighted by atomic mass is 16.3. The molecular weight excluding hydrogens is 168 g/mol. The first-order valence-corrected chi connectivity index (χ1v) is 4.58. The Morgan fingerprint density at radius 1 is 1.62 bits per heavy atom. The molecule has 1 aromatic rings. The van der Waals surface area contributed by atoms with Crippen LogP contribution in [0, 0.1) is 0 Å². The maximum Gasteiger partial charge on any atom is 0.0850 e. The van der Waals surface area contributed by atoms with Crippen LogP contribution in [-0.4, -0.2) is 32.7 Å². The average Bonchev–Trinajstić information content (AvgIpc) is 2.51. The van der Waals surface area contributed by atoms with Crippen LogP contribution in [0.4, 0.5) is 0 Å². The fourth-order valence-electron chi connectivity index (χ4n) is 1.54. The summed E-state index contributed by atoms with van der Waals surface area (Å²) in [4.78, 5) is 0. The first kappa shape index (κ1) is 8.65. The SMILES string of the molecule is NC1CCC1n1cc(CCO)nn1. The molecule has 0 aliphatic heterocycles. The minimum atomic E-state index is 0.120. The summed E-state index contributed by atoms with van der Waals surface area (Å²) >= 11 is 0. The molecule has 1 saturated carbocycles. The Morgan fingerprint density at radius 2 is 2.46 bits per heavy atom. The third kappa shape index (κ3) is 1.57. The van der Waals surface area contributed by atoms with Gasteiger partial charge in [-0.2, -0.15) is 0 Å². The number of aliphatic hydroxyl groups excluding tert-OH is 1. The van der Waals surface area contributed by atoms with Gasteiger partial charge < -0.3 is 10.8 Å². The van der Waals surface area contributed by atoms with Gasteiger partial charge in [-0.25, -0.2) is 4.68 Å². The van der Waals surface area contributed by atoms with Gasteiger partial charge in [-0.3, -0.25) is 0 Å². The molecule has 2 unspecified atom stereocenters. The molecule has 1 fully saturated rings. The Kier molecular flexibility index (Phi) is 2.28. The van der Waals surface area contributed by atoms with Gasteiger partial charge in [0.25, 0.3) is 0 Å². The molecule has 5 nitrogen and oxygen atoms in total. The molecule has 72 valence electrons. The van der Waals surface area contributed by atoms with Gasteiger partial charge in [0.2, 0.25) is 0 Å². The van der Waals surface area contributed by atoms with Crippen LogP contribution in [-0.2, 0) is 6.42 Å². The summed E-state index contributed by atoms with van der Waals surface area (Å²) in [6.07, 6.45) is 4.60. The van der Waals surface area contributed by atoms with Gasteiger partial charge in [0.1, 0.15) is 0 Å². The summed E-state index contributed by atoms with van der Waals surface area (Å²) in [6, 6.07) is 0.545. The summed E-state index contributed by atoms with van der Waals surface area (Å²) in [5, 5.41) is 16.6. The van der Waals surface area contributed by atoms with Crippen molar-refractivity contribution >= 4 is 0 Å². The highest BCUT2D eigenvalue weighted by molar-refractivity contribution is 4.97. The van der Waals surface area contributed by atoms with Gasteiger partial charge in [0.05, 0.1) is 11.7 Å². The molecule has 1 aromatic heterocycles. The second-order valence-corrected chi connectivity index (χ2v) is 3.47. The zero-order valence-corrected chi connectivity index (χ0v) is 7.43. The van der Waals surface area contributed by atoms with Crippen LogP contribution in [0.3, 0.4) is 0 Å². The van der Waals surface area contributed by atoms with Crippen molar-refractivity contribution < 1.29 is 5.11 Å². The molecular formula is C8H14N4O. The summed E-state index contributed by atoms with van der Waals surface area (Å²) in [5.41, 5.74) is 6.63. The van der Waals surface area contributed by atoms with E-state index in [2.05, 4.69) is 10.3 Å². The molecule has 0 bridgehead atoms. The third-order valence-electron chi connectivity index (χ3n) is 2.56. The number of nitrogens with zero attached hydrogens (tertiary/aromatic N) is 3. The summed E-state index contributed by atoms with van der Waals surface area (Å²) in [6.45, 7) is 0.120. The predicted molar refractivity (Wildman–Crippen MR) is 47.1 cm³/mol. The summed E-state index contributed by atoms with van der Waals surface area (Å²) in [7, 11) is 0. The molecule has 0 radical (unpaired) electrons. The summed E-state index contributed by atoms with van der Waals surface area (Å²) < 4.78 is 1.82. The highest BCUT2D eigenvalue weighted by Gasteiger charge is 2.29. The number of aliphatic hydroxyl groups is 1. The minimum absolute atomic E-state index is 0.120. The molecule has 3 N–H and O–H groups in total. The van der Waals surface area contributed by atoms with E-state index in [0.717, 1.165) is 18.5 Å². The molecule has 2 atom stereocenters. The molecule has 0 saturated heterocycles. The van der Waals surface area contributed by atoms with E-state index < -0.39 is 0 Å². The molecule has 0 amide bonds. The predicted octanol–water partition coefficient (Wildman–Crippen LogP) is -0.525. The average molecular weight is 182 g/mol. The van der Waals surface area contributed by atoms with Crippen molar-refractivity contribution in [3.63, 3.8) is 0 Å². The molecule has 13 heavy (non-hydrogen) atoms. The van der Waals surface area contributed by atoms with Crippen LogP contribution in [0.25, 0.3) is 0 Å². The van der Waals surface area contributed by atoms with Crippen molar-refractivity contribution in [3.8, 4) is 0 Å². The van der Waals surface area contributed by atoms with E-state index >= 15 is 0 Å². The second-order valence-electron chi connectivity index (χ2n) is 3.47. The van der Waals surface area contributed by atoms with E-state index in [1.165, 1.54) is 0 Å². The van der Waals surface area contributed by atoms with Gasteiger partial charge in [0, 0.05) is 25.3 Å². The van der Waals surface area contributed by atoms with Crippen molar-refractivity contribution in [2.75, 3.05) is 6.61 Å². The Hall–Kier alpha value is -0.940. The van der Waals surface area contributed by atoms with Crippen LogP contribution in [0.5, 0.6) is 0 Å². The lowest BCUT2D eigenvalue weighted by molar-refractivity contribution is 0.235. The molecule has 5 heteroatoms. The molecule has 1 aliphatic carbocycles. The standard InChI is InChI=1S/C8H14N4O/c9-7-1-2-8(7)12-5-6(3-4-13)10-11-12/h5,7-8,13H,1-4,9H2. The molecule has 1 aliphatic rings. The zero-order valence-electron chi connectivity index (χ0n) is 7.43. The lowest BCUT2D eigenvalue weighted by Crippen LogP contribution is -2.41. The number of aromatic nitrogens is 3. The van der Waals surface area contributed by atoms with E-state index in [1.807, 2.05) is 10.9 Å². The fraction of sp³-hybridized carbons (Fsp3) is 0.750. The van der Waals surface area contributed by atoms with Crippen LogP contribution < -0.4 is 5.73 Å². The van der Waals surface area contributed by atoms with E-state index in [0.29, 0.717) is 12.5 Å². The largest absolute Gasteiger partial charge is 0.396 e. The normalized spacial score (nSPS) is 27.2. The molecule has 0 spiro atoms.